The van der Waals surface area contributed by atoms with Gasteiger partial charge in [-0.3, -0.25) is 9.59 Å². The number of amides is 2. The van der Waals surface area contributed by atoms with Crippen LogP contribution >= 0.6 is 0 Å². The van der Waals surface area contributed by atoms with Crippen molar-refractivity contribution in [2.45, 2.75) is 11.3 Å². The lowest BCUT2D eigenvalue weighted by Gasteiger charge is -2.26. The Morgan fingerprint density at radius 2 is 1.57 bits per heavy atom. The van der Waals surface area contributed by atoms with E-state index in [1.807, 2.05) is 24.3 Å². The van der Waals surface area contributed by atoms with Crippen LogP contribution in [0, 0.1) is 0 Å². The Balaban J connectivity index is 1.33. The molecule has 3 aromatic carbocycles. The molecule has 8 nitrogen and oxygen atoms in total. The van der Waals surface area contributed by atoms with Gasteiger partial charge in [0.2, 0.25) is 10.0 Å². The number of carbonyl (C=O) groups excluding carboxylic acids is 2. The largest absolute Gasteiger partial charge is 0.379 e. The first kappa shape index (κ1) is 23.2. The molecule has 180 valence electrons. The van der Waals surface area contributed by atoms with Crippen molar-refractivity contribution in [2.75, 3.05) is 43.1 Å². The second kappa shape index (κ2) is 9.61. The minimum absolute atomic E-state index is 0.0590. The van der Waals surface area contributed by atoms with Gasteiger partial charge in [0, 0.05) is 42.1 Å². The first-order chi connectivity index (χ1) is 16.9. The molecule has 2 aliphatic heterocycles. The van der Waals surface area contributed by atoms with Crippen molar-refractivity contribution in [3.8, 4) is 0 Å². The third-order valence-electron chi connectivity index (χ3n) is 6.20. The monoisotopic (exact) mass is 491 g/mol. The van der Waals surface area contributed by atoms with Crippen LogP contribution in [0.2, 0.25) is 0 Å². The Morgan fingerprint density at radius 3 is 2.40 bits per heavy atom. The number of rotatable bonds is 5. The van der Waals surface area contributed by atoms with Gasteiger partial charge in [-0.15, -0.1) is 0 Å². The van der Waals surface area contributed by atoms with Crippen molar-refractivity contribution in [3.63, 3.8) is 0 Å². The van der Waals surface area contributed by atoms with Crippen LogP contribution in [0.15, 0.2) is 77.7 Å². The van der Waals surface area contributed by atoms with E-state index in [2.05, 4.69) is 5.32 Å². The van der Waals surface area contributed by atoms with Gasteiger partial charge in [-0.05, 0) is 54.4 Å². The maximum Gasteiger partial charge on any atom is 0.258 e. The zero-order valence-electron chi connectivity index (χ0n) is 19.0. The van der Waals surface area contributed by atoms with Crippen molar-refractivity contribution in [1.82, 2.24) is 4.31 Å². The Kier molecular flexibility index (Phi) is 6.38. The number of hydrogen-bond donors (Lipinski definition) is 1. The van der Waals surface area contributed by atoms with Gasteiger partial charge in [0.1, 0.15) is 0 Å². The number of morpholine rings is 1. The van der Waals surface area contributed by atoms with Gasteiger partial charge in [-0.1, -0.05) is 30.3 Å². The Bertz CT molecular complexity index is 1380. The second-order valence-corrected chi connectivity index (χ2v) is 10.4. The molecule has 9 heteroatoms. The molecule has 0 unspecified atom stereocenters. The van der Waals surface area contributed by atoms with E-state index in [-0.39, 0.29) is 29.5 Å². The number of para-hydroxylation sites is 1. The van der Waals surface area contributed by atoms with Gasteiger partial charge in [-0.25, -0.2) is 8.42 Å². The fraction of sp³-hybridized carbons (Fsp3) is 0.231. The minimum Gasteiger partial charge on any atom is -0.379 e. The van der Waals surface area contributed by atoms with E-state index < -0.39 is 15.9 Å². The van der Waals surface area contributed by atoms with E-state index in [9.17, 15) is 18.0 Å². The molecule has 0 bridgehead atoms. The van der Waals surface area contributed by atoms with Crippen LogP contribution in [0.1, 0.15) is 26.3 Å². The summed E-state index contributed by atoms with van der Waals surface area (Å²) in [7, 11) is -3.72. The van der Waals surface area contributed by atoms with Crippen molar-refractivity contribution in [3.05, 3.63) is 89.5 Å². The van der Waals surface area contributed by atoms with Gasteiger partial charge in [0.15, 0.2) is 0 Å². The highest BCUT2D eigenvalue weighted by molar-refractivity contribution is 7.89. The van der Waals surface area contributed by atoms with Crippen molar-refractivity contribution >= 4 is 33.2 Å². The number of fused-ring (bicyclic) bond motifs is 1. The van der Waals surface area contributed by atoms with Crippen LogP contribution in [-0.4, -0.2) is 57.4 Å². The van der Waals surface area contributed by atoms with E-state index >= 15 is 0 Å². The third kappa shape index (κ3) is 4.70. The molecule has 1 saturated heterocycles. The summed E-state index contributed by atoms with van der Waals surface area (Å²) in [6, 6.07) is 20.5. The summed E-state index contributed by atoms with van der Waals surface area (Å²) in [6.45, 7) is 1.86. The smallest absolute Gasteiger partial charge is 0.258 e. The molecule has 35 heavy (non-hydrogen) atoms. The fourth-order valence-corrected chi connectivity index (χ4v) is 5.83. The number of ether oxygens (including phenoxy) is 1. The van der Waals surface area contributed by atoms with Gasteiger partial charge < -0.3 is 15.0 Å². The number of nitrogens with one attached hydrogen (secondary N) is 1. The molecule has 0 saturated carbocycles. The number of hydrogen-bond acceptors (Lipinski definition) is 5. The van der Waals surface area contributed by atoms with Crippen LogP contribution in [0.3, 0.4) is 0 Å². The molecule has 0 radical (unpaired) electrons. The molecule has 0 aliphatic carbocycles. The van der Waals surface area contributed by atoms with Gasteiger partial charge in [0.05, 0.1) is 18.1 Å². The maximum absolute atomic E-state index is 13.2. The molecule has 5 rings (SSSR count). The van der Waals surface area contributed by atoms with Crippen molar-refractivity contribution in [1.29, 1.82) is 0 Å². The lowest BCUT2D eigenvalue weighted by atomic mass is 10.1. The van der Waals surface area contributed by atoms with Crippen LogP contribution < -0.4 is 10.2 Å². The van der Waals surface area contributed by atoms with Crippen LogP contribution in [0.5, 0.6) is 0 Å². The predicted octanol–water partition coefficient (Wildman–Crippen LogP) is 3.16. The zero-order valence-corrected chi connectivity index (χ0v) is 19.8. The molecule has 2 heterocycles. The number of carbonyl (C=O) groups is 2. The highest BCUT2D eigenvalue weighted by Gasteiger charge is 2.27. The SMILES string of the molecule is O=C(Nc1cccc(C(=O)N2CCc3ccccc32)c1)c1cccc(S(=O)(=O)N2CCOCC2)c1. The summed E-state index contributed by atoms with van der Waals surface area (Å²) in [5.41, 5.74) is 3.17. The number of nitrogens with zero attached hydrogens (tertiary/aromatic N) is 2. The summed E-state index contributed by atoms with van der Waals surface area (Å²) < 4.78 is 32.5. The highest BCUT2D eigenvalue weighted by Crippen LogP contribution is 2.29. The van der Waals surface area contributed by atoms with E-state index in [0.29, 0.717) is 31.0 Å². The highest BCUT2D eigenvalue weighted by atomic mass is 32.2. The van der Waals surface area contributed by atoms with Crippen molar-refractivity contribution < 1.29 is 22.7 Å². The lowest BCUT2D eigenvalue weighted by molar-refractivity contribution is 0.0730. The second-order valence-electron chi connectivity index (χ2n) is 8.41. The van der Waals surface area contributed by atoms with Crippen molar-refractivity contribution in [2.24, 2.45) is 0 Å². The van der Waals surface area contributed by atoms with Gasteiger partial charge in [0.25, 0.3) is 11.8 Å². The molecule has 0 spiro atoms. The Hall–Kier alpha value is -3.53. The van der Waals surface area contributed by atoms with E-state index in [1.54, 1.807) is 41.3 Å². The van der Waals surface area contributed by atoms with Crippen LogP contribution in [-0.2, 0) is 21.2 Å². The van der Waals surface area contributed by atoms with Gasteiger partial charge >= 0.3 is 0 Å². The number of sulfonamides is 1. The Morgan fingerprint density at radius 1 is 0.829 bits per heavy atom. The topological polar surface area (TPSA) is 96.0 Å². The maximum atomic E-state index is 13.2. The zero-order chi connectivity index (χ0) is 24.4. The lowest BCUT2D eigenvalue weighted by Crippen LogP contribution is -2.40. The van der Waals surface area contributed by atoms with Crippen LogP contribution in [0.25, 0.3) is 0 Å². The molecule has 1 N–H and O–H groups in total. The molecule has 2 amide bonds. The quantitative estimate of drug-likeness (QED) is 0.592. The number of benzene rings is 3. The summed E-state index contributed by atoms with van der Waals surface area (Å²) in [6.07, 6.45) is 0.808. The van der Waals surface area contributed by atoms with E-state index in [1.165, 1.54) is 16.4 Å². The summed E-state index contributed by atoms with van der Waals surface area (Å²) in [5, 5.41) is 2.78. The molecule has 2 aliphatic rings. The molecule has 3 aromatic rings. The molecule has 0 aromatic heterocycles. The normalized spacial score (nSPS) is 16.1. The molecule has 1 fully saturated rings. The van der Waals surface area contributed by atoms with Crippen LogP contribution in [0.4, 0.5) is 11.4 Å². The fourth-order valence-electron chi connectivity index (χ4n) is 4.37. The molecule has 0 atom stereocenters. The summed E-state index contributed by atoms with van der Waals surface area (Å²) in [5.74, 6) is -0.593. The minimum atomic E-state index is -3.72. The average molecular weight is 492 g/mol. The first-order valence-corrected chi connectivity index (χ1v) is 12.9. The van der Waals surface area contributed by atoms with E-state index in [4.69, 9.17) is 4.74 Å². The molecular weight excluding hydrogens is 466 g/mol. The number of anilines is 2. The molecular formula is C26H25N3O5S. The summed E-state index contributed by atoms with van der Waals surface area (Å²) in [4.78, 5) is 27.9. The third-order valence-corrected chi connectivity index (χ3v) is 8.10. The summed E-state index contributed by atoms with van der Waals surface area (Å²) >= 11 is 0. The Labute approximate surface area is 204 Å². The average Bonchev–Trinajstić information content (AvgIpc) is 3.33. The standard InChI is InChI=1S/C26H25N3O5S/c30-25(20-6-4-9-23(18-20)35(32,33)28-13-15-34-16-14-28)27-22-8-3-7-21(17-22)26(31)29-12-11-19-5-1-2-10-24(19)29/h1-10,17-18H,11-16H2,(H,27,30). The van der Waals surface area contributed by atoms with Gasteiger partial charge in [-0.2, -0.15) is 4.31 Å². The predicted molar refractivity (Wildman–Crippen MR) is 132 cm³/mol. The van der Waals surface area contributed by atoms with E-state index in [0.717, 1.165) is 17.7 Å². The first-order valence-electron chi connectivity index (χ1n) is 11.4.